The Hall–Kier alpha value is -4.26. The van der Waals surface area contributed by atoms with E-state index in [1.54, 1.807) is 24.3 Å². The maximum Gasteiger partial charge on any atom is 0.300 e. The number of hydrogen-bond acceptors (Lipinski definition) is 5. The molecule has 0 aromatic heterocycles. The van der Waals surface area contributed by atoms with E-state index in [0.29, 0.717) is 11.3 Å². The molecule has 1 aliphatic heterocycles. The minimum atomic E-state index is -0.841. The first-order valence-corrected chi connectivity index (χ1v) is 9.97. The molecular formula is C25H20N2O5. The van der Waals surface area contributed by atoms with Crippen LogP contribution in [0.2, 0.25) is 0 Å². The number of carbonyl (C=O) groups excluding carboxylic acids is 2. The number of amides is 1. The van der Waals surface area contributed by atoms with E-state index in [2.05, 4.69) is 0 Å². The number of carbonyl (C=O) groups is 2. The maximum atomic E-state index is 13.1. The summed E-state index contributed by atoms with van der Waals surface area (Å²) < 4.78 is 0. The molecule has 4 rings (SSSR count). The van der Waals surface area contributed by atoms with Crippen molar-refractivity contribution in [2.45, 2.75) is 19.9 Å². The number of nitrogens with zero attached hydrogens (tertiary/aromatic N) is 2. The van der Waals surface area contributed by atoms with E-state index in [-0.39, 0.29) is 22.6 Å². The summed E-state index contributed by atoms with van der Waals surface area (Å²) in [4.78, 5) is 38.0. The fourth-order valence-electron chi connectivity index (χ4n) is 3.93. The van der Waals surface area contributed by atoms with Gasteiger partial charge in [0.2, 0.25) is 0 Å². The molecule has 1 unspecified atom stereocenters. The second-order valence-electron chi connectivity index (χ2n) is 7.73. The van der Waals surface area contributed by atoms with Crippen LogP contribution in [0.5, 0.6) is 0 Å². The average molecular weight is 428 g/mol. The van der Waals surface area contributed by atoms with Gasteiger partial charge in [0.05, 0.1) is 16.5 Å². The van der Waals surface area contributed by atoms with Crippen LogP contribution >= 0.6 is 0 Å². The molecule has 1 fully saturated rings. The topological polar surface area (TPSA) is 101 Å². The van der Waals surface area contributed by atoms with Crippen LogP contribution in [0.25, 0.3) is 5.76 Å². The lowest BCUT2D eigenvalue weighted by Crippen LogP contribution is -2.29. The molecule has 0 saturated carbocycles. The Morgan fingerprint density at radius 2 is 1.56 bits per heavy atom. The largest absolute Gasteiger partial charge is 0.507 e. The Kier molecular flexibility index (Phi) is 5.32. The fourth-order valence-corrected chi connectivity index (χ4v) is 3.93. The number of nitro benzene ring substituents is 1. The summed E-state index contributed by atoms with van der Waals surface area (Å²) >= 11 is 0. The Balaban J connectivity index is 1.93. The molecule has 1 N–H and O–H groups in total. The minimum Gasteiger partial charge on any atom is -0.507 e. The minimum absolute atomic E-state index is 0.0593. The van der Waals surface area contributed by atoms with Crippen LogP contribution in [0, 0.1) is 24.0 Å². The summed E-state index contributed by atoms with van der Waals surface area (Å²) in [5, 5.41) is 22.0. The van der Waals surface area contributed by atoms with E-state index in [1.165, 1.54) is 29.2 Å². The van der Waals surface area contributed by atoms with Crippen molar-refractivity contribution in [2.24, 2.45) is 0 Å². The van der Waals surface area contributed by atoms with Gasteiger partial charge in [-0.1, -0.05) is 42.0 Å². The third-order valence-corrected chi connectivity index (χ3v) is 5.43. The summed E-state index contributed by atoms with van der Waals surface area (Å²) in [6.45, 7) is 3.79. The lowest BCUT2D eigenvalue weighted by atomic mass is 9.94. The van der Waals surface area contributed by atoms with Crippen molar-refractivity contribution in [1.29, 1.82) is 0 Å². The summed E-state index contributed by atoms with van der Waals surface area (Å²) in [5.74, 6) is -1.93. The van der Waals surface area contributed by atoms with Crippen LogP contribution in [-0.2, 0) is 9.59 Å². The van der Waals surface area contributed by atoms with Crippen LogP contribution in [0.1, 0.15) is 28.3 Å². The second kappa shape index (κ2) is 8.11. The van der Waals surface area contributed by atoms with Gasteiger partial charge < -0.3 is 5.11 Å². The number of benzene rings is 3. The van der Waals surface area contributed by atoms with Gasteiger partial charge in [-0.15, -0.1) is 0 Å². The number of hydrogen-bond donors (Lipinski definition) is 1. The van der Waals surface area contributed by atoms with Crippen molar-refractivity contribution in [1.82, 2.24) is 0 Å². The van der Waals surface area contributed by atoms with Gasteiger partial charge in [-0.25, -0.2) is 0 Å². The van der Waals surface area contributed by atoms with Gasteiger partial charge in [-0.2, -0.15) is 0 Å². The van der Waals surface area contributed by atoms with E-state index < -0.39 is 22.7 Å². The van der Waals surface area contributed by atoms with Crippen molar-refractivity contribution in [3.05, 3.63) is 111 Å². The molecule has 1 aliphatic rings. The summed E-state index contributed by atoms with van der Waals surface area (Å²) in [6.07, 6.45) is 0. The van der Waals surface area contributed by atoms with Gasteiger partial charge in [0.1, 0.15) is 5.76 Å². The highest BCUT2D eigenvalue weighted by Gasteiger charge is 2.47. The Morgan fingerprint density at radius 1 is 0.938 bits per heavy atom. The molecule has 7 nitrogen and oxygen atoms in total. The predicted molar refractivity (Wildman–Crippen MR) is 120 cm³/mol. The van der Waals surface area contributed by atoms with Gasteiger partial charge in [0, 0.05) is 23.4 Å². The molecule has 0 aliphatic carbocycles. The standard InChI is InChI=1S/C25H20N2O5/c1-15-5-3-7-18(13-15)22-21(23(28)17-9-11-19(12-10-17)27(31)32)24(29)25(30)26(22)20-8-4-6-16(2)14-20/h3-14,22,28H,1-2H3/b23-21-. The van der Waals surface area contributed by atoms with Crippen LogP contribution in [-0.4, -0.2) is 21.7 Å². The van der Waals surface area contributed by atoms with Gasteiger partial charge in [-0.3, -0.25) is 24.6 Å². The normalized spacial score (nSPS) is 17.6. The zero-order valence-corrected chi connectivity index (χ0v) is 17.5. The number of Topliss-reactive ketones (excluding diaryl/α,β-unsaturated/α-hetero) is 1. The number of nitro groups is 1. The number of rotatable bonds is 4. The lowest BCUT2D eigenvalue weighted by Gasteiger charge is -2.26. The number of non-ortho nitro benzene ring substituents is 1. The highest BCUT2D eigenvalue weighted by atomic mass is 16.6. The van der Waals surface area contributed by atoms with Crippen molar-refractivity contribution in [3.63, 3.8) is 0 Å². The molecule has 160 valence electrons. The second-order valence-corrected chi connectivity index (χ2v) is 7.73. The Morgan fingerprint density at radius 3 is 2.16 bits per heavy atom. The molecule has 7 heteroatoms. The summed E-state index contributed by atoms with van der Waals surface area (Å²) in [7, 11) is 0. The SMILES string of the molecule is Cc1cccc(C2/C(=C(/O)c3ccc([N+](=O)[O-])cc3)C(=O)C(=O)N2c2cccc(C)c2)c1. The van der Waals surface area contributed by atoms with Gasteiger partial charge >= 0.3 is 0 Å². The quantitative estimate of drug-likeness (QED) is 0.211. The molecule has 1 atom stereocenters. The molecule has 0 radical (unpaired) electrons. The molecule has 1 heterocycles. The first kappa shape index (κ1) is 21.0. The molecule has 3 aromatic carbocycles. The highest BCUT2D eigenvalue weighted by molar-refractivity contribution is 6.51. The van der Waals surface area contributed by atoms with Crippen LogP contribution in [0.4, 0.5) is 11.4 Å². The molecule has 1 saturated heterocycles. The predicted octanol–water partition coefficient (Wildman–Crippen LogP) is 4.84. The molecule has 0 spiro atoms. The number of aryl methyl sites for hydroxylation is 2. The monoisotopic (exact) mass is 428 g/mol. The molecule has 0 bridgehead atoms. The van der Waals surface area contributed by atoms with Crippen molar-refractivity contribution in [3.8, 4) is 0 Å². The third kappa shape index (κ3) is 3.65. The van der Waals surface area contributed by atoms with E-state index >= 15 is 0 Å². The van der Waals surface area contributed by atoms with Crippen molar-refractivity contribution in [2.75, 3.05) is 4.90 Å². The number of anilines is 1. The smallest absolute Gasteiger partial charge is 0.300 e. The third-order valence-electron chi connectivity index (χ3n) is 5.43. The van der Waals surface area contributed by atoms with Crippen LogP contribution in [0.15, 0.2) is 78.4 Å². The zero-order valence-electron chi connectivity index (χ0n) is 17.5. The van der Waals surface area contributed by atoms with Crippen molar-refractivity contribution >= 4 is 28.8 Å². The Bertz CT molecular complexity index is 1280. The average Bonchev–Trinajstić information content (AvgIpc) is 3.04. The van der Waals surface area contributed by atoms with Gasteiger partial charge in [0.25, 0.3) is 17.4 Å². The van der Waals surface area contributed by atoms with Crippen molar-refractivity contribution < 1.29 is 19.6 Å². The Labute approximate surface area is 184 Å². The van der Waals surface area contributed by atoms with Crippen LogP contribution < -0.4 is 4.90 Å². The van der Waals surface area contributed by atoms with Gasteiger partial charge in [0.15, 0.2) is 0 Å². The number of ketones is 1. The molecule has 3 aromatic rings. The number of aliphatic hydroxyl groups is 1. The molecule has 1 amide bonds. The van der Waals surface area contributed by atoms with E-state index in [4.69, 9.17) is 0 Å². The van der Waals surface area contributed by atoms with E-state index in [9.17, 15) is 24.8 Å². The van der Waals surface area contributed by atoms with E-state index in [0.717, 1.165) is 11.1 Å². The molecular weight excluding hydrogens is 408 g/mol. The summed E-state index contributed by atoms with van der Waals surface area (Å²) in [6, 6.07) is 19.0. The summed E-state index contributed by atoms with van der Waals surface area (Å²) in [5.41, 5.74) is 3.09. The molecule has 32 heavy (non-hydrogen) atoms. The highest BCUT2D eigenvalue weighted by Crippen LogP contribution is 2.42. The lowest BCUT2D eigenvalue weighted by molar-refractivity contribution is -0.384. The zero-order chi connectivity index (χ0) is 23.0. The maximum absolute atomic E-state index is 13.1. The first-order valence-electron chi connectivity index (χ1n) is 9.97. The van der Waals surface area contributed by atoms with Crippen LogP contribution in [0.3, 0.4) is 0 Å². The van der Waals surface area contributed by atoms with E-state index in [1.807, 2.05) is 38.1 Å². The number of aliphatic hydroxyl groups excluding tert-OH is 1. The van der Waals surface area contributed by atoms with Gasteiger partial charge in [-0.05, 0) is 49.2 Å². The fraction of sp³-hybridized carbons (Fsp3) is 0.120. The first-order chi connectivity index (χ1) is 15.3.